The summed E-state index contributed by atoms with van der Waals surface area (Å²) in [5.74, 6) is -0.0889. The van der Waals surface area contributed by atoms with Crippen molar-refractivity contribution in [2.24, 2.45) is 0 Å². The lowest BCUT2D eigenvalue weighted by Crippen LogP contribution is -2.40. The summed E-state index contributed by atoms with van der Waals surface area (Å²) < 4.78 is 10.4. The summed E-state index contributed by atoms with van der Waals surface area (Å²) in [5.41, 5.74) is 0.000801. The molecule has 0 saturated heterocycles. The minimum atomic E-state index is -1.43. The van der Waals surface area contributed by atoms with E-state index in [2.05, 4.69) is 5.32 Å². The Kier molecular flexibility index (Phi) is 4.95. The molecule has 6 nitrogen and oxygen atoms in total. The highest BCUT2D eigenvalue weighted by Gasteiger charge is 2.36. The van der Waals surface area contributed by atoms with Gasteiger partial charge in [-0.2, -0.15) is 5.26 Å². The average Bonchev–Trinajstić information content (AvgIpc) is 2.60. The Bertz CT molecular complexity index is 776. The van der Waals surface area contributed by atoms with Gasteiger partial charge in [0.25, 0.3) is 0 Å². The summed E-state index contributed by atoms with van der Waals surface area (Å²) in [7, 11) is 3.00. The van der Waals surface area contributed by atoms with Crippen molar-refractivity contribution in [2.75, 3.05) is 19.5 Å². The van der Waals surface area contributed by atoms with Crippen LogP contribution in [0, 0.1) is 11.3 Å². The van der Waals surface area contributed by atoms with Crippen LogP contribution in [0.2, 0.25) is 0 Å². The molecule has 0 aliphatic rings. The zero-order chi connectivity index (χ0) is 17.7. The minimum absolute atomic E-state index is 0.441. The lowest BCUT2D eigenvalue weighted by Gasteiger charge is -2.28. The van der Waals surface area contributed by atoms with Gasteiger partial charge in [-0.15, -0.1) is 0 Å². The Labute approximate surface area is 140 Å². The number of nitrogens with one attached hydrogen (secondary N) is 1. The van der Waals surface area contributed by atoms with E-state index in [4.69, 9.17) is 14.7 Å². The van der Waals surface area contributed by atoms with Gasteiger partial charge in [-0.1, -0.05) is 6.07 Å². The Morgan fingerprint density at radius 1 is 1.17 bits per heavy atom. The first kappa shape index (κ1) is 17.2. The highest BCUT2D eigenvalue weighted by Crippen LogP contribution is 2.33. The largest absolute Gasteiger partial charge is 0.497 e. The van der Waals surface area contributed by atoms with Gasteiger partial charge in [0.1, 0.15) is 11.5 Å². The molecule has 0 radical (unpaired) electrons. The number of benzene rings is 2. The predicted molar refractivity (Wildman–Crippen MR) is 89.3 cm³/mol. The summed E-state index contributed by atoms with van der Waals surface area (Å²) in [6, 6.07) is 13.6. The first-order chi connectivity index (χ1) is 11.4. The summed E-state index contributed by atoms with van der Waals surface area (Å²) in [4.78, 5) is 12.0. The Hall–Kier alpha value is -3.20. The summed E-state index contributed by atoms with van der Waals surface area (Å²) in [5, 5.41) is 21.8. The van der Waals surface area contributed by atoms with Gasteiger partial charge in [-0.3, -0.25) is 0 Å². The molecule has 2 aromatic rings. The van der Waals surface area contributed by atoms with Gasteiger partial charge < -0.3 is 19.9 Å². The zero-order valence-corrected chi connectivity index (χ0v) is 13.7. The normalized spacial score (nSPS) is 12.6. The van der Waals surface area contributed by atoms with Crippen molar-refractivity contribution in [2.45, 2.75) is 12.5 Å². The molecule has 1 unspecified atom stereocenters. The van der Waals surface area contributed by atoms with Crippen molar-refractivity contribution >= 4 is 11.7 Å². The minimum Gasteiger partial charge on any atom is -0.497 e. The Balaban J connectivity index is 2.51. The monoisotopic (exact) mass is 326 g/mol. The van der Waals surface area contributed by atoms with Crippen LogP contribution in [0.15, 0.2) is 42.5 Å². The molecule has 0 heterocycles. The SMILES string of the molecule is COc1cc(OC)cc(C(C)(Nc2cccc(C#N)c2)C(=O)O)c1. The number of carboxylic acids is 1. The standard InChI is InChI=1S/C18H18N2O4/c1-18(17(21)22,20-14-6-4-5-12(7-14)11-19)13-8-15(23-2)10-16(9-13)24-3/h4-10,20H,1-3H3,(H,21,22). The van der Waals surface area contributed by atoms with E-state index in [1.54, 1.807) is 49.4 Å². The van der Waals surface area contributed by atoms with Gasteiger partial charge in [0.2, 0.25) is 0 Å². The lowest BCUT2D eigenvalue weighted by molar-refractivity contribution is -0.142. The maximum atomic E-state index is 12.0. The van der Waals surface area contributed by atoms with Crippen LogP contribution >= 0.6 is 0 Å². The second-order valence-electron chi connectivity index (χ2n) is 5.35. The van der Waals surface area contributed by atoms with Crippen LogP contribution in [0.4, 0.5) is 5.69 Å². The molecule has 2 aromatic carbocycles. The molecule has 0 spiro atoms. The fourth-order valence-electron chi connectivity index (χ4n) is 2.30. The van der Waals surface area contributed by atoms with Crippen LogP contribution in [0.1, 0.15) is 18.1 Å². The molecule has 0 bridgehead atoms. The number of aliphatic carboxylic acids is 1. The van der Waals surface area contributed by atoms with Crippen molar-refractivity contribution in [3.63, 3.8) is 0 Å². The van der Waals surface area contributed by atoms with Crippen LogP contribution < -0.4 is 14.8 Å². The smallest absolute Gasteiger partial charge is 0.333 e. The molecule has 0 fully saturated rings. The van der Waals surface area contributed by atoms with Crippen molar-refractivity contribution < 1.29 is 19.4 Å². The van der Waals surface area contributed by atoms with Crippen LogP contribution in [0.5, 0.6) is 11.5 Å². The van der Waals surface area contributed by atoms with Crippen molar-refractivity contribution in [3.05, 3.63) is 53.6 Å². The van der Waals surface area contributed by atoms with E-state index in [-0.39, 0.29) is 0 Å². The fourth-order valence-corrected chi connectivity index (χ4v) is 2.30. The van der Waals surface area contributed by atoms with Gasteiger partial charge >= 0.3 is 5.97 Å². The van der Waals surface area contributed by atoms with Crippen molar-refractivity contribution in [1.82, 2.24) is 0 Å². The molecule has 124 valence electrons. The zero-order valence-electron chi connectivity index (χ0n) is 13.7. The van der Waals surface area contributed by atoms with E-state index in [1.807, 2.05) is 6.07 Å². The predicted octanol–water partition coefficient (Wildman–Crippen LogP) is 2.99. The average molecular weight is 326 g/mol. The van der Waals surface area contributed by atoms with E-state index in [0.29, 0.717) is 28.3 Å². The van der Waals surface area contributed by atoms with E-state index < -0.39 is 11.5 Å². The molecular formula is C18H18N2O4. The third kappa shape index (κ3) is 3.41. The molecular weight excluding hydrogens is 308 g/mol. The van der Waals surface area contributed by atoms with Crippen LogP contribution in [-0.2, 0) is 10.3 Å². The van der Waals surface area contributed by atoms with E-state index in [9.17, 15) is 9.90 Å². The van der Waals surface area contributed by atoms with Crippen LogP contribution in [0.3, 0.4) is 0 Å². The lowest BCUT2D eigenvalue weighted by atomic mass is 9.91. The van der Waals surface area contributed by atoms with Gasteiger partial charge in [0, 0.05) is 11.8 Å². The highest BCUT2D eigenvalue weighted by molar-refractivity contribution is 5.84. The number of carbonyl (C=O) groups is 1. The molecule has 0 amide bonds. The number of hydrogen-bond donors (Lipinski definition) is 2. The molecule has 2 N–H and O–H groups in total. The van der Waals surface area contributed by atoms with E-state index in [0.717, 1.165) is 0 Å². The van der Waals surface area contributed by atoms with Crippen molar-refractivity contribution in [1.29, 1.82) is 5.26 Å². The quantitative estimate of drug-likeness (QED) is 0.848. The molecule has 24 heavy (non-hydrogen) atoms. The Morgan fingerprint density at radius 2 is 1.79 bits per heavy atom. The fraction of sp³-hybridized carbons (Fsp3) is 0.222. The van der Waals surface area contributed by atoms with Crippen molar-refractivity contribution in [3.8, 4) is 17.6 Å². The summed E-state index contributed by atoms with van der Waals surface area (Å²) >= 11 is 0. The number of nitrogens with zero attached hydrogens (tertiary/aromatic N) is 1. The molecule has 0 aromatic heterocycles. The van der Waals surface area contributed by atoms with Gasteiger partial charge in [0.15, 0.2) is 5.54 Å². The molecule has 2 rings (SSSR count). The van der Waals surface area contributed by atoms with E-state index in [1.165, 1.54) is 14.2 Å². The maximum Gasteiger partial charge on any atom is 0.333 e. The van der Waals surface area contributed by atoms with Crippen LogP contribution in [-0.4, -0.2) is 25.3 Å². The third-order valence-corrected chi connectivity index (χ3v) is 3.74. The number of hydrogen-bond acceptors (Lipinski definition) is 5. The number of methoxy groups -OCH3 is 2. The number of rotatable bonds is 6. The van der Waals surface area contributed by atoms with Crippen LogP contribution in [0.25, 0.3) is 0 Å². The third-order valence-electron chi connectivity index (χ3n) is 3.74. The molecule has 6 heteroatoms. The maximum absolute atomic E-state index is 12.0. The van der Waals surface area contributed by atoms with Gasteiger partial charge in [-0.05, 0) is 42.8 Å². The topological polar surface area (TPSA) is 91.6 Å². The number of carboxylic acid groups (broad SMARTS) is 1. The highest BCUT2D eigenvalue weighted by atomic mass is 16.5. The number of nitriles is 1. The first-order valence-corrected chi connectivity index (χ1v) is 7.18. The summed E-state index contributed by atoms with van der Waals surface area (Å²) in [6.45, 7) is 1.54. The Morgan fingerprint density at radius 3 is 2.29 bits per heavy atom. The number of anilines is 1. The summed E-state index contributed by atoms with van der Waals surface area (Å²) in [6.07, 6.45) is 0. The van der Waals surface area contributed by atoms with Gasteiger partial charge in [0.05, 0.1) is 25.9 Å². The second-order valence-corrected chi connectivity index (χ2v) is 5.35. The van der Waals surface area contributed by atoms with E-state index >= 15 is 0 Å². The molecule has 1 atom stereocenters. The van der Waals surface area contributed by atoms with Gasteiger partial charge in [-0.25, -0.2) is 4.79 Å². The molecule has 0 saturated carbocycles. The second kappa shape index (κ2) is 6.92. The number of ether oxygens (including phenoxy) is 2. The molecule has 0 aliphatic carbocycles. The molecule has 0 aliphatic heterocycles. The first-order valence-electron chi connectivity index (χ1n) is 7.18.